The molecule has 3 nitrogen and oxygen atoms in total. The van der Waals surface area contributed by atoms with Crippen LogP contribution in [0.2, 0.25) is 0 Å². The van der Waals surface area contributed by atoms with Gasteiger partial charge in [0.15, 0.2) is 0 Å². The number of pyridine rings is 1. The van der Waals surface area contributed by atoms with Crippen molar-refractivity contribution in [2.45, 2.75) is 13.0 Å². The van der Waals surface area contributed by atoms with E-state index >= 15 is 0 Å². The summed E-state index contributed by atoms with van der Waals surface area (Å²) in [4.78, 5) is 13.9. The minimum Gasteiger partial charge on any atom is -0.265 e. The first-order valence-electron chi connectivity index (χ1n) is 3.07. The summed E-state index contributed by atoms with van der Waals surface area (Å²) in [5, 5.41) is 2.88. The van der Waals surface area contributed by atoms with Crippen molar-refractivity contribution in [1.29, 1.82) is 0 Å². The Morgan fingerprint density at radius 3 is 2.60 bits per heavy atom. The van der Waals surface area contributed by atoms with E-state index in [1.165, 1.54) is 0 Å². The summed E-state index contributed by atoms with van der Waals surface area (Å²) in [6.07, 6.45) is 3.30. The van der Waals surface area contributed by atoms with Crippen LogP contribution in [0, 0.1) is 4.91 Å². The van der Waals surface area contributed by atoms with E-state index in [1.54, 1.807) is 31.5 Å². The highest BCUT2D eigenvalue weighted by Gasteiger charge is 2.01. The third kappa shape index (κ3) is 1.37. The Labute approximate surface area is 59.1 Å². The van der Waals surface area contributed by atoms with E-state index in [0.717, 1.165) is 5.56 Å². The van der Waals surface area contributed by atoms with Gasteiger partial charge in [0.2, 0.25) is 0 Å². The van der Waals surface area contributed by atoms with Gasteiger partial charge >= 0.3 is 0 Å². The Kier molecular flexibility index (Phi) is 2.10. The highest BCUT2D eigenvalue weighted by molar-refractivity contribution is 5.13. The van der Waals surface area contributed by atoms with Crippen molar-refractivity contribution >= 4 is 0 Å². The van der Waals surface area contributed by atoms with Crippen molar-refractivity contribution in [3.63, 3.8) is 0 Å². The molecule has 0 saturated carbocycles. The summed E-state index contributed by atoms with van der Waals surface area (Å²) in [6, 6.07) is 3.31. The van der Waals surface area contributed by atoms with E-state index < -0.39 is 0 Å². The van der Waals surface area contributed by atoms with Crippen LogP contribution in [0.5, 0.6) is 0 Å². The number of aromatic nitrogens is 1. The first kappa shape index (κ1) is 6.86. The van der Waals surface area contributed by atoms with Crippen LogP contribution in [0.3, 0.4) is 0 Å². The second-order valence-electron chi connectivity index (χ2n) is 2.06. The van der Waals surface area contributed by atoms with Crippen LogP contribution in [-0.2, 0) is 0 Å². The van der Waals surface area contributed by atoms with Crippen LogP contribution in [0.15, 0.2) is 29.7 Å². The molecule has 10 heavy (non-hydrogen) atoms. The Hall–Kier alpha value is -1.25. The quantitative estimate of drug-likeness (QED) is 0.583. The van der Waals surface area contributed by atoms with Crippen LogP contribution in [0.25, 0.3) is 0 Å². The highest BCUT2D eigenvalue weighted by atomic mass is 16.3. The summed E-state index contributed by atoms with van der Waals surface area (Å²) in [5.74, 6) is 0. The zero-order valence-corrected chi connectivity index (χ0v) is 5.69. The summed E-state index contributed by atoms with van der Waals surface area (Å²) in [6.45, 7) is 1.75. The predicted molar refractivity (Wildman–Crippen MR) is 38.4 cm³/mol. The summed E-state index contributed by atoms with van der Waals surface area (Å²) >= 11 is 0. The molecule has 0 aliphatic rings. The monoisotopic (exact) mass is 136 g/mol. The van der Waals surface area contributed by atoms with Crippen LogP contribution >= 0.6 is 0 Å². The van der Waals surface area contributed by atoms with E-state index in [2.05, 4.69) is 10.2 Å². The average molecular weight is 136 g/mol. The largest absolute Gasteiger partial charge is 0.265 e. The molecule has 0 saturated heterocycles. The molecular formula is C7H8N2O. The first-order chi connectivity index (χ1) is 4.84. The molecule has 0 aliphatic carbocycles. The van der Waals surface area contributed by atoms with E-state index in [0.29, 0.717) is 0 Å². The average Bonchev–Trinajstić information content (AvgIpc) is 2.05. The zero-order chi connectivity index (χ0) is 7.40. The van der Waals surface area contributed by atoms with Gasteiger partial charge in [-0.25, -0.2) is 0 Å². The Bertz CT molecular complexity index is 210. The second-order valence-corrected chi connectivity index (χ2v) is 2.06. The molecule has 0 N–H and O–H groups in total. The van der Waals surface area contributed by atoms with Gasteiger partial charge in [0.25, 0.3) is 0 Å². The second kappa shape index (κ2) is 3.06. The molecule has 0 amide bonds. The molecule has 0 aliphatic heterocycles. The lowest BCUT2D eigenvalue weighted by Crippen LogP contribution is -1.86. The molecule has 1 rings (SSSR count). The smallest absolute Gasteiger partial charge is 0.114 e. The lowest BCUT2D eigenvalue weighted by molar-refractivity contribution is 0.809. The molecule has 1 heterocycles. The van der Waals surface area contributed by atoms with E-state index in [1.807, 2.05) is 0 Å². The van der Waals surface area contributed by atoms with Gasteiger partial charge in [0.1, 0.15) is 6.04 Å². The topological polar surface area (TPSA) is 42.3 Å². The number of hydrogen-bond donors (Lipinski definition) is 0. The van der Waals surface area contributed by atoms with Crippen LogP contribution in [0.4, 0.5) is 0 Å². The molecule has 1 unspecified atom stereocenters. The van der Waals surface area contributed by atoms with Gasteiger partial charge in [-0.2, -0.15) is 4.91 Å². The Balaban J connectivity index is 2.84. The van der Waals surface area contributed by atoms with Crippen molar-refractivity contribution < 1.29 is 0 Å². The summed E-state index contributed by atoms with van der Waals surface area (Å²) in [5.41, 5.74) is 0.907. The van der Waals surface area contributed by atoms with Crippen LogP contribution in [-0.4, -0.2) is 4.98 Å². The Morgan fingerprint density at radius 2 is 2.10 bits per heavy atom. The maximum atomic E-state index is 10.0. The fourth-order valence-corrected chi connectivity index (χ4v) is 0.703. The Morgan fingerprint density at radius 1 is 1.50 bits per heavy atom. The van der Waals surface area contributed by atoms with Crippen molar-refractivity contribution in [3.8, 4) is 0 Å². The van der Waals surface area contributed by atoms with Crippen molar-refractivity contribution in [2.24, 2.45) is 5.18 Å². The molecule has 52 valence electrons. The fraction of sp³-hybridized carbons (Fsp3) is 0.286. The molecule has 1 aromatic rings. The fourth-order valence-electron chi connectivity index (χ4n) is 0.703. The number of nitroso groups, excluding NO2 is 1. The van der Waals surface area contributed by atoms with Crippen LogP contribution < -0.4 is 0 Å². The molecule has 0 aromatic carbocycles. The third-order valence-electron chi connectivity index (χ3n) is 1.35. The van der Waals surface area contributed by atoms with Gasteiger partial charge in [-0.05, 0) is 24.6 Å². The van der Waals surface area contributed by atoms with Crippen LogP contribution in [0.1, 0.15) is 18.5 Å². The standard InChI is InChI=1S/C7H8N2O/c1-6(9-10)7-2-4-8-5-3-7/h2-6H,1H3. The summed E-state index contributed by atoms with van der Waals surface area (Å²) in [7, 11) is 0. The minimum absolute atomic E-state index is 0.261. The SMILES string of the molecule is CC(N=O)c1ccncc1. The van der Waals surface area contributed by atoms with E-state index in [9.17, 15) is 4.91 Å². The van der Waals surface area contributed by atoms with Gasteiger partial charge in [-0.1, -0.05) is 5.18 Å². The van der Waals surface area contributed by atoms with Gasteiger partial charge < -0.3 is 0 Å². The maximum absolute atomic E-state index is 10.0. The lowest BCUT2D eigenvalue weighted by atomic mass is 10.1. The molecule has 0 bridgehead atoms. The number of nitrogens with zero attached hydrogens (tertiary/aromatic N) is 2. The maximum Gasteiger partial charge on any atom is 0.114 e. The first-order valence-corrected chi connectivity index (χ1v) is 3.07. The van der Waals surface area contributed by atoms with E-state index in [4.69, 9.17) is 0 Å². The van der Waals surface area contributed by atoms with Gasteiger partial charge in [0, 0.05) is 12.4 Å². The predicted octanol–water partition coefficient (Wildman–Crippen LogP) is 1.91. The van der Waals surface area contributed by atoms with E-state index in [-0.39, 0.29) is 6.04 Å². The molecule has 3 heteroatoms. The minimum atomic E-state index is -0.261. The summed E-state index contributed by atoms with van der Waals surface area (Å²) < 4.78 is 0. The zero-order valence-electron chi connectivity index (χ0n) is 5.69. The number of rotatable bonds is 2. The molecule has 1 aromatic heterocycles. The van der Waals surface area contributed by atoms with Crippen molar-refractivity contribution in [2.75, 3.05) is 0 Å². The molecule has 1 atom stereocenters. The molecule has 0 fully saturated rings. The van der Waals surface area contributed by atoms with Gasteiger partial charge in [0.05, 0.1) is 0 Å². The molecule has 0 spiro atoms. The third-order valence-corrected chi connectivity index (χ3v) is 1.35. The lowest BCUT2D eigenvalue weighted by Gasteiger charge is -1.98. The van der Waals surface area contributed by atoms with Gasteiger partial charge in [-0.3, -0.25) is 4.98 Å². The number of hydrogen-bond acceptors (Lipinski definition) is 3. The van der Waals surface area contributed by atoms with Crippen molar-refractivity contribution in [3.05, 3.63) is 35.0 Å². The molecule has 0 radical (unpaired) electrons. The highest BCUT2D eigenvalue weighted by Crippen LogP contribution is 2.13. The normalized spacial score (nSPS) is 12.5. The van der Waals surface area contributed by atoms with Crippen molar-refractivity contribution in [1.82, 2.24) is 4.98 Å². The van der Waals surface area contributed by atoms with Gasteiger partial charge in [-0.15, -0.1) is 0 Å². The molecular weight excluding hydrogens is 128 g/mol.